The average molecular weight is 308 g/mol. The summed E-state index contributed by atoms with van der Waals surface area (Å²) >= 11 is 7.28. The highest BCUT2D eigenvalue weighted by atomic mass is 35.5. The van der Waals surface area contributed by atoms with Gasteiger partial charge in [-0.1, -0.05) is 29.8 Å². The second kappa shape index (κ2) is 7.07. The molecule has 0 radical (unpaired) electrons. The Hall–Kier alpha value is -1.85. The maximum absolute atomic E-state index is 11.7. The first kappa shape index (κ1) is 14.6. The van der Waals surface area contributed by atoms with E-state index in [0.29, 0.717) is 4.34 Å². The van der Waals surface area contributed by atoms with E-state index >= 15 is 0 Å². The van der Waals surface area contributed by atoms with Gasteiger partial charge in [-0.3, -0.25) is 4.79 Å². The number of carbonyl (C=O) groups excluding carboxylic acids is 1. The maximum atomic E-state index is 11.7. The molecule has 2 rings (SSSR count). The third-order valence-electron chi connectivity index (χ3n) is 2.50. The van der Waals surface area contributed by atoms with Crippen LogP contribution in [0.25, 0.3) is 0 Å². The Bertz CT molecular complexity index is 610. The standard InChI is InChI=1S/C14H14ClN3OS/c1-10(12-7-8-13(15)20-12)17-18-14(19)9-16-11-5-3-2-4-6-11/h2-8,16H,9H2,1H3,(H,18,19)/b17-10-. The fourth-order valence-corrected chi connectivity index (χ4v) is 2.48. The number of carbonyl (C=O) groups is 1. The molecule has 0 unspecified atom stereocenters. The number of thiophene rings is 1. The van der Waals surface area contributed by atoms with Gasteiger partial charge in [-0.25, -0.2) is 5.43 Å². The first-order valence-electron chi connectivity index (χ1n) is 6.03. The van der Waals surface area contributed by atoms with Crippen LogP contribution < -0.4 is 10.7 Å². The Kier molecular flexibility index (Phi) is 5.15. The zero-order valence-corrected chi connectivity index (χ0v) is 12.5. The van der Waals surface area contributed by atoms with Gasteiger partial charge in [-0.2, -0.15) is 5.10 Å². The summed E-state index contributed by atoms with van der Waals surface area (Å²) in [7, 11) is 0. The summed E-state index contributed by atoms with van der Waals surface area (Å²) in [6.45, 7) is 2.00. The number of benzene rings is 1. The number of amides is 1. The van der Waals surface area contributed by atoms with Crippen LogP contribution in [-0.4, -0.2) is 18.2 Å². The smallest absolute Gasteiger partial charge is 0.259 e. The van der Waals surface area contributed by atoms with E-state index in [2.05, 4.69) is 15.8 Å². The summed E-state index contributed by atoms with van der Waals surface area (Å²) in [5.74, 6) is -0.198. The molecule has 0 spiro atoms. The van der Waals surface area contributed by atoms with Crippen LogP contribution in [0.3, 0.4) is 0 Å². The minimum Gasteiger partial charge on any atom is -0.376 e. The van der Waals surface area contributed by atoms with Gasteiger partial charge in [0.15, 0.2) is 0 Å². The van der Waals surface area contributed by atoms with Crippen molar-refractivity contribution in [3.63, 3.8) is 0 Å². The molecule has 0 bridgehead atoms. The van der Waals surface area contributed by atoms with Gasteiger partial charge in [0.05, 0.1) is 21.5 Å². The van der Waals surface area contributed by atoms with E-state index in [4.69, 9.17) is 11.6 Å². The molecule has 104 valence electrons. The van der Waals surface area contributed by atoms with Crippen molar-refractivity contribution in [2.75, 3.05) is 11.9 Å². The normalized spacial score (nSPS) is 11.2. The highest BCUT2D eigenvalue weighted by molar-refractivity contribution is 7.18. The largest absolute Gasteiger partial charge is 0.376 e. The molecule has 1 aromatic heterocycles. The summed E-state index contributed by atoms with van der Waals surface area (Å²) < 4.78 is 0.701. The average Bonchev–Trinajstić information content (AvgIpc) is 2.90. The first-order chi connectivity index (χ1) is 9.65. The Morgan fingerprint density at radius 1 is 1.25 bits per heavy atom. The van der Waals surface area contributed by atoms with Crippen LogP contribution >= 0.6 is 22.9 Å². The van der Waals surface area contributed by atoms with E-state index < -0.39 is 0 Å². The fourth-order valence-electron chi connectivity index (χ4n) is 1.49. The van der Waals surface area contributed by atoms with Gasteiger partial charge in [0.1, 0.15) is 0 Å². The van der Waals surface area contributed by atoms with Crippen LogP contribution in [0, 0.1) is 0 Å². The van der Waals surface area contributed by atoms with E-state index in [9.17, 15) is 4.79 Å². The monoisotopic (exact) mass is 307 g/mol. The lowest BCUT2D eigenvalue weighted by Crippen LogP contribution is -2.26. The highest BCUT2D eigenvalue weighted by Crippen LogP contribution is 2.21. The van der Waals surface area contributed by atoms with E-state index in [1.165, 1.54) is 11.3 Å². The maximum Gasteiger partial charge on any atom is 0.259 e. The van der Waals surface area contributed by atoms with Crippen LogP contribution in [0.1, 0.15) is 11.8 Å². The molecular weight excluding hydrogens is 294 g/mol. The number of hydrogen-bond donors (Lipinski definition) is 2. The van der Waals surface area contributed by atoms with E-state index in [0.717, 1.165) is 16.3 Å². The molecule has 2 N–H and O–H groups in total. The topological polar surface area (TPSA) is 53.5 Å². The lowest BCUT2D eigenvalue weighted by Gasteiger charge is -2.05. The molecule has 0 aliphatic carbocycles. The third-order valence-corrected chi connectivity index (χ3v) is 3.84. The molecule has 6 heteroatoms. The molecular formula is C14H14ClN3OS. The Morgan fingerprint density at radius 2 is 2.00 bits per heavy atom. The minimum absolute atomic E-state index is 0.173. The molecule has 0 aliphatic heterocycles. The number of halogens is 1. The second-order valence-electron chi connectivity index (χ2n) is 4.06. The van der Waals surface area contributed by atoms with Crippen molar-refractivity contribution in [3.8, 4) is 0 Å². The fraction of sp³-hybridized carbons (Fsp3) is 0.143. The Labute approximate surface area is 126 Å². The molecule has 2 aromatic rings. The van der Waals surface area contributed by atoms with Crippen molar-refractivity contribution in [1.82, 2.24) is 5.43 Å². The molecule has 0 saturated heterocycles. The molecule has 0 atom stereocenters. The molecule has 4 nitrogen and oxygen atoms in total. The van der Waals surface area contributed by atoms with E-state index in [-0.39, 0.29) is 12.5 Å². The zero-order chi connectivity index (χ0) is 14.4. The van der Waals surface area contributed by atoms with Crippen molar-refractivity contribution < 1.29 is 4.79 Å². The van der Waals surface area contributed by atoms with Crippen LogP contribution in [-0.2, 0) is 4.79 Å². The van der Waals surface area contributed by atoms with Crippen molar-refractivity contribution >= 4 is 40.2 Å². The third kappa shape index (κ3) is 4.36. The number of hydrogen-bond acceptors (Lipinski definition) is 4. The number of nitrogens with one attached hydrogen (secondary N) is 2. The SMILES string of the molecule is C/C(=N/NC(=O)CNc1ccccc1)c1ccc(Cl)s1. The molecule has 0 aliphatic rings. The van der Waals surface area contributed by atoms with Crippen LogP contribution in [0.4, 0.5) is 5.69 Å². The summed E-state index contributed by atoms with van der Waals surface area (Å²) in [6, 6.07) is 13.2. The zero-order valence-electron chi connectivity index (χ0n) is 10.9. The molecule has 1 heterocycles. The lowest BCUT2D eigenvalue weighted by molar-refractivity contribution is -0.119. The molecule has 0 saturated carbocycles. The highest BCUT2D eigenvalue weighted by Gasteiger charge is 2.03. The number of hydrazone groups is 1. The Balaban J connectivity index is 1.83. The lowest BCUT2D eigenvalue weighted by atomic mass is 10.3. The number of para-hydroxylation sites is 1. The van der Waals surface area contributed by atoms with Gasteiger partial charge in [0, 0.05) is 5.69 Å². The van der Waals surface area contributed by atoms with Gasteiger partial charge >= 0.3 is 0 Å². The van der Waals surface area contributed by atoms with Crippen molar-refractivity contribution in [2.24, 2.45) is 5.10 Å². The van der Waals surface area contributed by atoms with Crippen molar-refractivity contribution in [3.05, 3.63) is 51.7 Å². The summed E-state index contributed by atoms with van der Waals surface area (Å²) in [5.41, 5.74) is 4.14. The first-order valence-corrected chi connectivity index (χ1v) is 7.22. The summed E-state index contributed by atoms with van der Waals surface area (Å²) in [5, 5.41) is 7.06. The van der Waals surface area contributed by atoms with Gasteiger partial charge in [-0.05, 0) is 31.2 Å². The van der Waals surface area contributed by atoms with Crippen LogP contribution in [0.15, 0.2) is 47.6 Å². The molecule has 1 aromatic carbocycles. The van der Waals surface area contributed by atoms with Crippen LogP contribution in [0.5, 0.6) is 0 Å². The van der Waals surface area contributed by atoms with Crippen molar-refractivity contribution in [2.45, 2.75) is 6.92 Å². The van der Waals surface area contributed by atoms with E-state index in [1.54, 1.807) is 6.07 Å². The van der Waals surface area contributed by atoms with Gasteiger partial charge in [-0.15, -0.1) is 11.3 Å². The van der Waals surface area contributed by atoms with Gasteiger partial charge in [0.2, 0.25) is 0 Å². The predicted octanol–water partition coefficient (Wildman–Crippen LogP) is 3.35. The number of anilines is 1. The van der Waals surface area contributed by atoms with E-state index in [1.807, 2.05) is 43.3 Å². The van der Waals surface area contributed by atoms with Crippen LogP contribution in [0.2, 0.25) is 4.34 Å². The second-order valence-corrected chi connectivity index (χ2v) is 5.77. The molecule has 1 amide bonds. The quantitative estimate of drug-likeness (QED) is 0.657. The minimum atomic E-state index is -0.198. The Morgan fingerprint density at radius 3 is 2.65 bits per heavy atom. The number of rotatable bonds is 5. The molecule has 20 heavy (non-hydrogen) atoms. The van der Waals surface area contributed by atoms with Gasteiger partial charge < -0.3 is 5.32 Å². The molecule has 0 fully saturated rings. The predicted molar refractivity (Wildman–Crippen MR) is 84.6 cm³/mol. The summed E-state index contributed by atoms with van der Waals surface area (Å²) in [6.07, 6.45) is 0. The number of nitrogens with zero attached hydrogens (tertiary/aromatic N) is 1. The van der Waals surface area contributed by atoms with Crippen molar-refractivity contribution in [1.29, 1.82) is 0 Å². The summed E-state index contributed by atoms with van der Waals surface area (Å²) in [4.78, 5) is 12.6. The van der Waals surface area contributed by atoms with Gasteiger partial charge in [0.25, 0.3) is 5.91 Å².